The minimum atomic E-state index is -0.605. The SMILES string of the molecule is CCOc1ccc(CCC(=O)N(Cc2ccccc2)[C@@H](Cc2ccccc2)C(=O)NC2CCCCC2)cc1OCC. The number of carbonyl (C=O) groups excluding carboxylic acids is 2. The maximum absolute atomic E-state index is 14.0. The molecule has 218 valence electrons. The highest BCUT2D eigenvalue weighted by Gasteiger charge is 2.31. The van der Waals surface area contributed by atoms with Crippen molar-refractivity contribution in [1.29, 1.82) is 0 Å². The maximum atomic E-state index is 14.0. The third kappa shape index (κ3) is 9.10. The first-order chi connectivity index (χ1) is 20.1. The topological polar surface area (TPSA) is 67.9 Å². The summed E-state index contributed by atoms with van der Waals surface area (Å²) in [7, 11) is 0. The summed E-state index contributed by atoms with van der Waals surface area (Å²) >= 11 is 0. The van der Waals surface area contributed by atoms with Gasteiger partial charge in [0.25, 0.3) is 0 Å². The summed E-state index contributed by atoms with van der Waals surface area (Å²) in [5.74, 6) is 1.29. The van der Waals surface area contributed by atoms with E-state index >= 15 is 0 Å². The lowest BCUT2D eigenvalue weighted by Gasteiger charge is -2.33. The number of nitrogens with zero attached hydrogens (tertiary/aromatic N) is 1. The van der Waals surface area contributed by atoms with Gasteiger partial charge in [-0.15, -0.1) is 0 Å². The molecular formula is C35H44N2O4. The number of nitrogens with one attached hydrogen (secondary N) is 1. The van der Waals surface area contributed by atoms with Crippen molar-refractivity contribution in [3.63, 3.8) is 0 Å². The number of benzene rings is 3. The smallest absolute Gasteiger partial charge is 0.243 e. The van der Waals surface area contributed by atoms with Crippen LogP contribution in [0.1, 0.15) is 69.1 Å². The van der Waals surface area contributed by atoms with E-state index in [2.05, 4.69) is 5.32 Å². The maximum Gasteiger partial charge on any atom is 0.243 e. The number of rotatable bonds is 14. The Morgan fingerprint density at radius 1 is 0.805 bits per heavy atom. The minimum absolute atomic E-state index is 0.0413. The number of hydrogen-bond donors (Lipinski definition) is 1. The van der Waals surface area contributed by atoms with Gasteiger partial charge < -0.3 is 19.7 Å². The Bertz CT molecular complexity index is 1230. The molecule has 0 unspecified atom stereocenters. The molecular weight excluding hydrogens is 512 g/mol. The van der Waals surface area contributed by atoms with Crippen LogP contribution in [0.4, 0.5) is 0 Å². The molecule has 0 bridgehead atoms. The highest BCUT2D eigenvalue weighted by atomic mass is 16.5. The van der Waals surface area contributed by atoms with E-state index in [1.165, 1.54) is 6.42 Å². The summed E-state index contributed by atoms with van der Waals surface area (Å²) in [5, 5.41) is 3.31. The normalized spacial score (nSPS) is 14.2. The van der Waals surface area contributed by atoms with Crippen LogP contribution in [0, 0.1) is 0 Å². The fourth-order valence-corrected chi connectivity index (χ4v) is 5.52. The molecule has 41 heavy (non-hydrogen) atoms. The number of amides is 2. The Balaban J connectivity index is 1.58. The zero-order valence-corrected chi connectivity index (χ0v) is 24.5. The van der Waals surface area contributed by atoms with Crippen LogP contribution in [-0.4, -0.2) is 42.0 Å². The third-order valence-corrected chi connectivity index (χ3v) is 7.65. The minimum Gasteiger partial charge on any atom is -0.490 e. The van der Waals surface area contributed by atoms with Gasteiger partial charge >= 0.3 is 0 Å². The molecule has 6 nitrogen and oxygen atoms in total. The first-order valence-corrected chi connectivity index (χ1v) is 15.1. The number of ether oxygens (including phenoxy) is 2. The molecule has 1 saturated carbocycles. The van der Waals surface area contributed by atoms with E-state index in [1.807, 2.05) is 92.7 Å². The second kappa shape index (κ2) is 15.8. The molecule has 6 heteroatoms. The molecule has 0 aliphatic heterocycles. The predicted octanol–water partition coefficient (Wildman–Crippen LogP) is 6.51. The average Bonchev–Trinajstić information content (AvgIpc) is 3.00. The summed E-state index contributed by atoms with van der Waals surface area (Å²) in [6.07, 6.45) is 6.77. The summed E-state index contributed by atoms with van der Waals surface area (Å²) in [5.41, 5.74) is 3.04. The lowest BCUT2D eigenvalue weighted by molar-refractivity contribution is -0.141. The van der Waals surface area contributed by atoms with E-state index in [4.69, 9.17) is 9.47 Å². The van der Waals surface area contributed by atoms with Crippen LogP contribution in [0.3, 0.4) is 0 Å². The van der Waals surface area contributed by atoms with Crippen LogP contribution in [0.5, 0.6) is 11.5 Å². The van der Waals surface area contributed by atoms with E-state index in [0.29, 0.717) is 44.1 Å². The fraction of sp³-hybridized carbons (Fsp3) is 0.429. The Morgan fingerprint density at radius 3 is 2.10 bits per heavy atom. The van der Waals surface area contributed by atoms with Crippen molar-refractivity contribution in [1.82, 2.24) is 10.2 Å². The Morgan fingerprint density at radius 2 is 1.44 bits per heavy atom. The van der Waals surface area contributed by atoms with E-state index < -0.39 is 6.04 Å². The van der Waals surface area contributed by atoms with E-state index in [1.54, 1.807) is 4.90 Å². The fourth-order valence-electron chi connectivity index (χ4n) is 5.52. The lowest BCUT2D eigenvalue weighted by atomic mass is 9.94. The highest BCUT2D eigenvalue weighted by molar-refractivity contribution is 5.88. The van der Waals surface area contributed by atoms with E-state index in [0.717, 1.165) is 42.4 Å². The van der Waals surface area contributed by atoms with Crippen molar-refractivity contribution in [2.75, 3.05) is 13.2 Å². The van der Waals surface area contributed by atoms with Gasteiger partial charge in [-0.2, -0.15) is 0 Å². The van der Waals surface area contributed by atoms with Crippen LogP contribution >= 0.6 is 0 Å². The van der Waals surface area contributed by atoms with Crippen molar-refractivity contribution in [3.05, 3.63) is 95.6 Å². The Labute approximate surface area is 245 Å². The number of hydrogen-bond acceptors (Lipinski definition) is 4. The largest absolute Gasteiger partial charge is 0.490 e. The monoisotopic (exact) mass is 556 g/mol. The van der Waals surface area contributed by atoms with Crippen molar-refractivity contribution in [2.45, 2.75) is 83.8 Å². The van der Waals surface area contributed by atoms with Gasteiger partial charge in [-0.3, -0.25) is 9.59 Å². The molecule has 3 aromatic carbocycles. The highest BCUT2D eigenvalue weighted by Crippen LogP contribution is 2.29. The Kier molecular flexibility index (Phi) is 11.7. The van der Waals surface area contributed by atoms with Gasteiger partial charge in [0, 0.05) is 25.4 Å². The van der Waals surface area contributed by atoms with Gasteiger partial charge in [0.15, 0.2) is 11.5 Å². The lowest BCUT2D eigenvalue weighted by Crippen LogP contribution is -2.52. The molecule has 4 rings (SSSR count). The third-order valence-electron chi connectivity index (χ3n) is 7.65. The van der Waals surface area contributed by atoms with Crippen LogP contribution in [0.2, 0.25) is 0 Å². The molecule has 0 aromatic heterocycles. The summed E-state index contributed by atoms with van der Waals surface area (Å²) in [6.45, 7) is 5.35. The molecule has 0 heterocycles. The molecule has 1 atom stereocenters. The summed E-state index contributed by atoms with van der Waals surface area (Å²) in [6, 6.07) is 25.4. The standard InChI is InChI=1S/C35H44N2O4/c1-3-40-32-22-20-28(25-33(32)41-4-2)21-23-34(38)37(26-29-16-10-6-11-17-29)31(24-27-14-8-5-9-15-27)35(39)36-30-18-12-7-13-19-30/h5-6,8-11,14-17,20,22,25,30-31H,3-4,7,12-13,18-19,21,23-24,26H2,1-2H3,(H,36,39)/t31-/m0/s1. The molecule has 1 aliphatic carbocycles. The molecule has 0 saturated heterocycles. The molecule has 2 amide bonds. The zero-order chi connectivity index (χ0) is 28.9. The first-order valence-electron chi connectivity index (χ1n) is 15.1. The van der Waals surface area contributed by atoms with Crippen LogP contribution in [0.15, 0.2) is 78.9 Å². The van der Waals surface area contributed by atoms with Crippen molar-refractivity contribution in [2.24, 2.45) is 0 Å². The van der Waals surface area contributed by atoms with Gasteiger partial charge in [0.2, 0.25) is 11.8 Å². The molecule has 0 spiro atoms. The second-order valence-electron chi connectivity index (χ2n) is 10.7. The van der Waals surface area contributed by atoms with Gasteiger partial charge in [-0.25, -0.2) is 0 Å². The van der Waals surface area contributed by atoms with Crippen molar-refractivity contribution in [3.8, 4) is 11.5 Å². The zero-order valence-electron chi connectivity index (χ0n) is 24.5. The number of aryl methyl sites for hydroxylation is 1. The van der Waals surface area contributed by atoms with Crippen molar-refractivity contribution < 1.29 is 19.1 Å². The quantitative estimate of drug-likeness (QED) is 0.246. The average molecular weight is 557 g/mol. The van der Waals surface area contributed by atoms with E-state index in [-0.39, 0.29) is 24.3 Å². The van der Waals surface area contributed by atoms with Gasteiger partial charge in [-0.05, 0) is 61.9 Å². The molecule has 0 radical (unpaired) electrons. The van der Waals surface area contributed by atoms with Crippen LogP contribution in [-0.2, 0) is 29.0 Å². The summed E-state index contributed by atoms with van der Waals surface area (Å²) < 4.78 is 11.5. The first kappa shape index (κ1) is 30.2. The van der Waals surface area contributed by atoms with Gasteiger partial charge in [0.1, 0.15) is 6.04 Å². The predicted molar refractivity (Wildman–Crippen MR) is 163 cm³/mol. The van der Waals surface area contributed by atoms with Crippen LogP contribution < -0.4 is 14.8 Å². The molecule has 1 fully saturated rings. The summed E-state index contributed by atoms with van der Waals surface area (Å²) in [4.78, 5) is 29.7. The van der Waals surface area contributed by atoms with Gasteiger partial charge in [-0.1, -0.05) is 86.0 Å². The Hall–Kier alpha value is -3.80. The molecule has 1 aliphatic rings. The van der Waals surface area contributed by atoms with Gasteiger partial charge in [0.05, 0.1) is 13.2 Å². The molecule has 1 N–H and O–H groups in total. The number of carbonyl (C=O) groups is 2. The van der Waals surface area contributed by atoms with Crippen molar-refractivity contribution >= 4 is 11.8 Å². The van der Waals surface area contributed by atoms with Crippen LogP contribution in [0.25, 0.3) is 0 Å². The van der Waals surface area contributed by atoms with E-state index in [9.17, 15) is 9.59 Å². The molecule has 3 aromatic rings. The second-order valence-corrected chi connectivity index (χ2v) is 10.7.